The molecule has 4 nitrogen and oxygen atoms in total. The number of hydrogen-bond donors (Lipinski definition) is 0. The Labute approximate surface area is 139 Å². The number of benzene rings is 1. The first-order valence-corrected chi connectivity index (χ1v) is 7.45. The van der Waals surface area contributed by atoms with E-state index in [0.29, 0.717) is 17.1 Å². The molecule has 0 radical (unpaired) electrons. The molecule has 0 bridgehead atoms. The van der Waals surface area contributed by atoms with Crippen LogP contribution in [0.25, 0.3) is 11.3 Å². The van der Waals surface area contributed by atoms with Gasteiger partial charge in [0.2, 0.25) is 0 Å². The third-order valence-electron chi connectivity index (χ3n) is 3.45. The highest BCUT2D eigenvalue weighted by Gasteiger charge is 2.09. The van der Waals surface area contributed by atoms with Crippen molar-refractivity contribution in [3.05, 3.63) is 71.1 Å². The zero-order valence-electron chi connectivity index (χ0n) is 12.5. The normalized spacial score (nSPS) is 10.3. The summed E-state index contributed by atoms with van der Waals surface area (Å²) < 4.78 is 5.88. The lowest BCUT2D eigenvalue weighted by molar-refractivity contribution is 0.519. The molecule has 5 heteroatoms. The Balaban J connectivity index is 1.73. The van der Waals surface area contributed by atoms with Crippen molar-refractivity contribution < 1.29 is 4.42 Å². The predicted octanol–water partition coefficient (Wildman–Crippen LogP) is 4.50. The quantitative estimate of drug-likeness (QED) is 0.709. The predicted molar refractivity (Wildman–Crippen MR) is 90.2 cm³/mol. The molecule has 114 valence electrons. The SMILES string of the molecule is CN(Cc1ccc(-c2ccc(Cl)cc2)o1)c1ccc(C#N)cn1. The molecule has 2 aromatic heterocycles. The van der Waals surface area contributed by atoms with Crippen molar-refractivity contribution in [2.24, 2.45) is 0 Å². The molecule has 0 aliphatic rings. The Hall–Kier alpha value is -2.77. The molecule has 0 saturated carbocycles. The van der Waals surface area contributed by atoms with Gasteiger partial charge in [0.1, 0.15) is 23.4 Å². The summed E-state index contributed by atoms with van der Waals surface area (Å²) >= 11 is 5.90. The van der Waals surface area contributed by atoms with Crippen LogP contribution in [0, 0.1) is 11.3 Å². The highest BCUT2D eigenvalue weighted by molar-refractivity contribution is 6.30. The van der Waals surface area contributed by atoms with E-state index in [1.165, 1.54) is 0 Å². The van der Waals surface area contributed by atoms with Crippen molar-refractivity contribution in [2.75, 3.05) is 11.9 Å². The summed E-state index contributed by atoms with van der Waals surface area (Å²) in [4.78, 5) is 6.23. The maximum absolute atomic E-state index is 8.80. The van der Waals surface area contributed by atoms with Gasteiger partial charge in [0.25, 0.3) is 0 Å². The van der Waals surface area contributed by atoms with Gasteiger partial charge in [-0.2, -0.15) is 5.26 Å². The highest BCUT2D eigenvalue weighted by Crippen LogP contribution is 2.25. The molecule has 0 aliphatic heterocycles. The Kier molecular flexibility index (Phi) is 4.31. The van der Waals surface area contributed by atoms with Gasteiger partial charge < -0.3 is 9.32 Å². The van der Waals surface area contributed by atoms with Crippen LogP contribution in [0.3, 0.4) is 0 Å². The van der Waals surface area contributed by atoms with Crippen LogP contribution in [-0.4, -0.2) is 12.0 Å². The summed E-state index contributed by atoms with van der Waals surface area (Å²) in [5.41, 5.74) is 1.53. The van der Waals surface area contributed by atoms with E-state index < -0.39 is 0 Å². The molecule has 0 atom stereocenters. The fourth-order valence-electron chi connectivity index (χ4n) is 2.22. The molecule has 0 fully saturated rings. The number of nitriles is 1. The van der Waals surface area contributed by atoms with Crippen LogP contribution in [0.1, 0.15) is 11.3 Å². The lowest BCUT2D eigenvalue weighted by Gasteiger charge is -2.16. The van der Waals surface area contributed by atoms with E-state index in [2.05, 4.69) is 11.1 Å². The van der Waals surface area contributed by atoms with Crippen molar-refractivity contribution in [2.45, 2.75) is 6.54 Å². The van der Waals surface area contributed by atoms with Gasteiger partial charge in [-0.3, -0.25) is 0 Å². The second-order valence-corrected chi connectivity index (χ2v) is 5.58. The molecule has 0 N–H and O–H groups in total. The molecular weight excluding hydrogens is 310 g/mol. The zero-order chi connectivity index (χ0) is 16.2. The fourth-order valence-corrected chi connectivity index (χ4v) is 2.35. The van der Waals surface area contributed by atoms with Crippen LogP contribution in [0.5, 0.6) is 0 Å². The third-order valence-corrected chi connectivity index (χ3v) is 3.70. The van der Waals surface area contributed by atoms with Gasteiger partial charge in [0.15, 0.2) is 0 Å². The number of aromatic nitrogens is 1. The van der Waals surface area contributed by atoms with E-state index in [1.807, 2.05) is 54.4 Å². The minimum Gasteiger partial charge on any atom is -0.459 e. The van der Waals surface area contributed by atoms with Crippen molar-refractivity contribution in [3.8, 4) is 17.4 Å². The zero-order valence-corrected chi connectivity index (χ0v) is 13.3. The van der Waals surface area contributed by atoms with Gasteiger partial charge in [-0.05, 0) is 48.5 Å². The molecule has 23 heavy (non-hydrogen) atoms. The number of pyridine rings is 1. The van der Waals surface area contributed by atoms with E-state index in [9.17, 15) is 0 Å². The Bertz CT molecular complexity index is 832. The first-order chi connectivity index (χ1) is 11.2. The molecule has 0 aliphatic carbocycles. The van der Waals surface area contributed by atoms with Gasteiger partial charge in [0.05, 0.1) is 12.1 Å². The van der Waals surface area contributed by atoms with E-state index >= 15 is 0 Å². The molecule has 1 aromatic carbocycles. The minimum atomic E-state index is 0.546. The van der Waals surface area contributed by atoms with E-state index in [1.54, 1.807) is 12.3 Å². The first-order valence-electron chi connectivity index (χ1n) is 7.07. The maximum atomic E-state index is 8.80. The smallest absolute Gasteiger partial charge is 0.134 e. The van der Waals surface area contributed by atoms with Crippen LogP contribution in [0.4, 0.5) is 5.82 Å². The largest absolute Gasteiger partial charge is 0.459 e. The minimum absolute atomic E-state index is 0.546. The number of nitrogens with zero attached hydrogens (tertiary/aromatic N) is 3. The van der Waals surface area contributed by atoms with Crippen LogP contribution < -0.4 is 4.90 Å². The highest BCUT2D eigenvalue weighted by atomic mass is 35.5. The van der Waals surface area contributed by atoms with Crippen molar-refractivity contribution >= 4 is 17.4 Å². The second-order valence-electron chi connectivity index (χ2n) is 5.15. The first kappa shape index (κ1) is 15.1. The van der Waals surface area contributed by atoms with Gasteiger partial charge in [0, 0.05) is 23.8 Å². The Morgan fingerprint density at radius 2 is 1.91 bits per heavy atom. The molecule has 0 amide bonds. The molecule has 3 aromatic rings. The molecule has 0 unspecified atom stereocenters. The standard InChI is InChI=1S/C18H14ClN3O/c1-22(18-9-2-13(10-20)11-21-18)12-16-7-8-17(23-16)14-3-5-15(19)6-4-14/h2-9,11H,12H2,1H3. The summed E-state index contributed by atoms with van der Waals surface area (Å²) in [6.07, 6.45) is 1.56. The summed E-state index contributed by atoms with van der Waals surface area (Å²) in [7, 11) is 1.93. The lowest BCUT2D eigenvalue weighted by Crippen LogP contribution is -2.17. The maximum Gasteiger partial charge on any atom is 0.134 e. The summed E-state index contributed by atoms with van der Waals surface area (Å²) in [6.45, 7) is 0.590. The van der Waals surface area contributed by atoms with Gasteiger partial charge in [-0.15, -0.1) is 0 Å². The molecule has 3 rings (SSSR count). The van der Waals surface area contributed by atoms with Crippen LogP contribution in [0.15, 0.2) is 59.1 Å². The van der Waals surface area contributed by atoms with Crippen molar-refractivity contribution in [1.29, 1.82) is 5.26 Å². The molecule has 0 saturated heterocycles. The average molecular weight is 324 g/mol. The van der Waals surface area contributed by atoms with E-state index in [0.717, 1.165) is 22.9 Å². The van der Waals surface area contributed by atoms with Crippen LogP contribution >= 0.6 is 11.6 Å². The second kappa shape index (κ2) is 6.55. The van der Waals surface area contributed by atoms with E-state index in [-0.39, 0.29) is 0 Å². The van der Waals surface area contributed by atoms with Gasteiger partial charge in [-0.25, -0.2) is 4.98 Å². The summed E-state index contributed by atoms with van der Waals surface area (Å²) in [6, 6.07) is 17.1. The number of rotatable bonds is 4. The van der Waals surface area contributed by atoms with Crippen molar-refractivity contribution in [3.63, 3.8) is 0 Å². The number of halogens is 1. The monoisotopic (exact) mass is 323 g/mol. The number of furan rings is 1. The van der Waals surface area contributed by atoms with Crippen LogP contribution in [0.2, 0.25) is 5.02 Å². The van der Waals surface area contributed by atoms with Gasteiger partial charge in [-0.1, -0.05) is 11.6 Å². The molecule has 2 heterocycles. The number of anilines is 1. The van der Waals surface area contributed by atoms with Gasteiger partial charge >= 0.3 is 0 Å². The van der Waals surface area contributed by atoms with Crippen molar-refractivity contribution in [1.82, 2.24) is 4.98 Å². The number of hydrogen-bond acceptors (Lipinski definition) is 4. The van der Waals surface area contributed by atoms with E-state index in [4.69, 9.17) is 21.3 Å². The molecular formula is C18H14ClN3O. The Morgan fingerprint density at radius 3 is 2.57 bits per heavy atom. The Morgan fingerprint density at radius 1 is 1.13 bits per heavy atom. The summed E-state index contributed by atoms with van der Waals surface area (Å²) in [5.74, 6) is 2.43. The fraction of sp³-hybridized carbons (Fsp3) is 0.111. The lowest BCUT2D eigenvalue weighted by atomic mass is 10.2. The third kappa shape index (κ3) is 3.53. The average Bonchev–Trinajstić information content (AvgIpc) is 3.04. The summed E-state index contributed by atoms with van der Waals surface area (Å²) in [5, 5.41) is 9.50. The topological polar surface area (TPSA) is 53.1 Å². The van der Waals surface area contributed by atoms with Crippen LogP contribution in [-0.2, 0) is 6.54 Å². The molecule has 0 spiro atoms.